The minimum atomic E-state index is -0.161. The minimum absolute atomic E-state index is 0.161. The lowest BCUT2D eigenvalue weighted by Gasteiger charge is -2.03. The molecule has 2 rings (SSSR count). The molecule has 0 amide bonds. The van der Waals surface area contributed by atoms with Crippen molar-refractivity contribution in [2.45, 2.75) is 33.2 Å². The van der Waals surface area contributed by atoms with Crippen LogP contribution in [0.4, 0.5) is 5.82 Å². The molecule has 2 heterocycles. The third kappa shape index (κ3) is 2.97. The van der Waals surface area contributed by atoms with Gasteiger partial charge in [-0.3, -0.25) is 4.79 Å². The van der Waals surface area contributed by atoms with Gasteiger partial charge in [0, 0.05) is 18.9 Å². The van der Waals surface area contributed by atoms with Crippen molar-refractivity contribution >= 4 is 5.82 Å². The molecule has 96 valence electrons. The third-order valence-corrected chi connectivity index (χ3v) is 2.50. The van der Waals surface area contributed by atoms with E-state index in [1.165, 1.54) is 6.07 Å². The Labute approximate surface area is 104 Å². The number of rotatable bonds is 5. The zero-order valence-electron chi connectivity index (χ0n) is 10.5. The number of nitrogens with one attached hydrogen (secondary N) is 2. The Kier molecular flexibility index (Phi) is 3.76. The van der Waals surface area contributed by atoms with Crippen LogP contribution in [0.5, 0.6) is 0 Å². The Morgan fingerprint density at radius 3 is 2.89 bits per heavy atom. The van der Waals surface area contributed by atoms with Gasteiger partial charge in [0.05, 0.1) is 12.7 Å². The van der Waals surface area contributed by atoms with Gasteiger partial charge in [-0.05, 0) is 0 Å². The van der Waals surface area contributed by atoms with Gasteiger partial charge in [0.15, 0.2) is 0 Å². The molecule has 2 N–H and O–H groups in total. The average molecular weight is 248 g/mol. The lowest BCUT2D eigenvalue weighted by molar-refractivity contribution is 0.465. The largest absolute Gasteiger partial charge is 0.444 e. The molecule has 0 aliphatic heterocycles. The highest BCUT2D eigenvalue weighted by Gasteiger charge is 2.04. The van der Waals surface area contributed by atoms with Gasteiger partial charge in [0.2, 0.25) is 5.89 Å². The summed E-state index contributed by atoms with van der Waals surface area (Å²) in [6.07, 6.45) is 3.21. The molecule has 0 aromatic carbocycles. The van der Waals surface area contributed by atoms with Crippen LogP contribution in [0.25, 0.3) is 0 Å². The molecule has 6 heteroatoms. The molecule has 0 spiro atoms. The second-order valence-electron chi connectivity index (χ2n) is 3.86. The van der Waals surface area contributed by atoms with Crippen LogP contribution in [-0.4, -0.2) is 15.0 Å². The first-order valence-electron chi connectivity index (χ1n) is 5.99. The Morgan fingerprint density at radius 1 is 1.39 bits per heavy atom. The molecule has 0 bridgehead atoms. The number of aromatic amines is 1. The number of oxazole rings is 1. The summed E-state index contributed by atoms with van der Waals surface area (Å²) in [5.74, 6) is 2.63. The van der Waals surface area contributed by atoms with Gasteiger partial charge in [-0.2, -0.15) is 0 Å². The van der Waals surface area contributed by atoms with Gasteiger partial charge in [0.1, 0.15) is 17.4 Å². The van der Waals surface area contributed by atoms with E-state index in [0.29, 0.717) is 30.5 Å². The summed E-state index contributed by atoms with van der Waals surface area (Å²) in [4.78, 5) is 22.4. The Bertz CT molecular complexity index is 573. The highest BCUT2D eigenvalue weighted by molar-refractivity contribution is 5.32. The first-order chi connectivity index (χ1) is 8.71. The highest BCUT2D eigenvalue weighted by atomic mass is 16.4. The molecule has 18 heavy (non-hydrogen) atoms. The van der Waals surface area contributed by atoms with Gasteiger partial charge in [-0.1, -0.05) is 13.8 Å². The second kappa shape index (κ2) is 5.48. The molecule has 0 saturated heterocycles. The topological polar surface area (TPSA) is 83.8 Å². The van der Waals surface area contributed by atoms with Crippen LogP contribution in [0.15, 0.2) is 21.5 Å². The van der Waals surface area contributed by atoms with Crippen LogP contribution < -0.4 is 10.9 Å². The van der Waals surface area contributed by atoms with Crippen molar-refractivity contribution in [3.63, 3.8) is 0 Å². The molecular weight excluding hydrogens is 232 g/mol. The monoisotopic (exact) mass is 248 g/mol. The van der Waals surface area contributed by atoms with Crippen molar-refractivity contribution in [3.05, 3.63) is 40.1 Å². The molecule has 0 aliphatic rings. The standard InChI is InChI=1S/C12H16N4O2/c1-3-8-6-14-12(18-8)7-13-10-5-11(17)16-9(4-2)15-10/h5-6H,3-4,7H2,1-2H3,(H2,13,15,16,17). The van der Waals surface area contributed by atoms with Crippen molar-refractivity contribution in [1.82, 2.24) is 15.0 Å². The van der Waals surface area contributed by atoms with E-state index in [4.69, 9.17) is 4.42 Å². The van der Waals surface area contributed by atoms with E-state index in [1.807, 2.05) is 13.8 Å². The highest BCUT2D eigenvalue weighted by Crippen LogP contribution is 2.07. The molecular formula is C12H16N4O2. The Hall–Kier alpha value is -2.11. The van der Waals surface area contributed by atoms with Crippen LogP contribution in [0, 0.1) is 0 Å². The van der Waals surface area contributed by atoms with E-state index in [9.17, 15) is 4.79 Å². The number of hydrogen-bond donors (Lipinski definition) is 2. The fraction of sp³-hybridized carbons (Fsp3) is 0.417. The Balaban J connectivity index is 2.05. The summed E-state index contributed by atoms with van der Waals surface area (Å²) in [6.45, 7) is 4.35. The van der Waals surface area contributed by atoms with Crippen LogP contribution in [0.2, 0.25) is 0 Å². The molecule has 2 aromatic rings. The van der Waals surface area contributed by atoms with E-state index in [1.54, 1.807) is 6.20 Å². The maximum Gasteiger partial charge on any atom is 0.252 e. The second-order valence-corrected chi connectivity index (χ2v) is 3.86. The van der Waals surface area contributed by atoms with Gasteiger partial charge in [-0.25, -0.2) is 9.97 Å². The normalized spacial score (nSPS) is 10.6. The first-order valence-corrected chi connectivity index (χ1v) is 5.99. The number of aryl methyl sites for hydroxylation is 2. The lowest BCUT2D eigenvalue weighted by Crippen LogP contribution is -2.13. The van der Waals surface area contributed by atoms with Crippen molar-refractivity contribution in [2.75, 3.05) is 5.32 Å². The molecule has 0 aliphatic carbocycles. The van der Waals surface area contributed by atoms with Crippen molar-refractivity contribution in [1.29, 1.82) is 0 Å². The molecule has 0 radical (unpaired) electrons. The fourth-order valence-electron chi connectivity index (χ4n) is 1.53. The quantitative estimate of drug-likeness (QED) is 0.837. The predicted octanol–water partition coefficient (Wildman–Crippen LogP) is 1.49. The first kappa shape index (κ1) is 12.3. The average Bonchev–Trinajstić information content (AvgIpc) is 2.83. The summed E-state index contributed by atoms with van der Waals surface area (Å²) < 4.78 is 5.45. The summed E-state index contributed by atoms with van der Waals surface area (Å²) >= 11 is 0. The van der Waals surface area contributed by atoms with Crippen LogP contribution in [0.3, 0.4) is 0 Å². The van der Waals surface area contributed by atoms with Gasteiger partial charge in [0.25, 0.3) is 5.56 Å². The van der Waals surface area contributed by atoms with Crippen molar-refractivity contribution in [2.24, 2.45) is 0 Å². The smallest absolute Gasteiger partial charge is 0.252 e. The summed E-state index contributed by atoms with van der Waals surface area (Å²) in [6, 6.07) is 1.42. The molecule has 0 unspecified atom stereocenters. The minimum Gasteiger partial charge on any atom is -0.444 e. The SMILES string of the molecule is CCc1nc(NCc2ncc(CC)o2)cc(=O)[nH]1. The number of hydrogen-bond acceptors (Lipinski definition) is 5. The van der Waals surface area contributed by atoms with Crippen LogP contribution >= 0.6 is 0 Å². The maximum absolute atomic E-state index is 11.4. The Morgan fingerprint density at radius 2 is 2.22 bits per heavy atom. The lowest BCUT2D eigenvalue weighted by atomic mass is 10.4. The molecule has 0 atom stereocenters. The van der Waals surface area contributed by atoms with E-state index in [0.717, 1.165) is 12.2 Å². The molecule has 0 saturated carbocycles. The molecule has 6 nitrogen and oxygen atoms in total. The summed E-state index contributed by atoms with van der Waals surface area (Å²) in [5.41, 5.74) is -0.161. The van der Waals surface area contributed by atoms with E-state index in [2.05, 4.69) is 20.3 Å². The van der Waals surface area contributed by atoms with Crippen LogP contribution in [-0.2, 0) is 19.4 Å². The van der Waals surface area contributed by atoms with Crippen molar-refractivity contribution in [3.8, 4) is 0 Å². The zero-order chi connectivity index (χ0) is 13.0. The summed E-state index contributed by atoms with van der Waals surface area (Å²) in [5, 5.41) is 3.03. The number of anilines is 1. The number of nitrogens with zero attached hydrogens (tertiary/aromatic N) is 2. The maximum atomic E-state index is 11.4. The number of H-pyrrole nitrogens is 1. The van der Waals surface area contributed by atoms with Gasteiger partial charge in [-0.15, -0.1) is 0 Å². The van der Waals surface area contributed by atoms with Gasteiger partial charge < -0.3 is 14.7 Å². The third-order valence-electron chi connectivity index (χ3n) is 2.50. The van der Waals surface area contributed by atoms with E-state index in [-0.39, 0.29) is 5.56 Å². The number of aromatic nitrogens is 3. The zero-order valence-corrected chi connectivity index (χ0v) is 10.5. The van der Waals surface area contributed by atoms with Crippen LogP contribution in [0.1, 0.15) is 31.3 Å². The van der Waals surface area contributed by atoms with Crippen molar-refractivity contribution < 1.29 is 4.42 Å². The molecule has 0 fully saturated rings. The summed E-state index contributed by atoms with van der Waals surface area (Å²) in [7, 11) is 0. The fourth-order valence-corrected chi connectivity index (χ4v) is 1.53. The molecule has 2 aromatic heterocycles. The van der Waals surface area contributed by atoms with E-state index < -0.39 is 0 Å². The van der Waals surface area contributed by atoms with Gasteiger partial charge >= 0.3 is 0 Å². The van der Waals surface area contributed by atoms with E-state index >= 15 is 0 Å². The predicted molar refractivity (Wildman–Crippen MR) is 67.4 cm³/mol.